The van der Waals surface area contributed by atoms with Crippen LogP contribution in [0.1, 0.15) is 49.6 Å². The fraction of sp³-hybridized carbons (Fsp3) is 0.667. The van der Waals surface area contributed by atoms with E-state index >= 15 is 0 Å². The van der Waals surface area contributed by atoms with Gasteiger partial charge in [0.05, 0.1) is 12.1 Å². The quantitative estimate of drug-likeness (QED) is 0.761. The fourth-order valence-electron chi connectivity index (χ4n) is 2.57. The van der Waals surface area contributed by atoms with Crippen LogP contribution in [0, 0.1) is 0 Å². The number of aromatic nitrogens is 1. The van der Waals surface area contributed by atoms with Gasteiger partial charge in [0.25, 0.3) is 5.91 Å². The number of aliphatic hydroxyl groups excluding tert-OH is 1. The first-order valence-corrected chi connectivity index (χ1v) is 7.40. The first-order chi connectivity index (χ1) is 9.59. The molecule has 0 bridgehead atoms. The number of hydrogen-bond donors (Lipinski definition) is 3. The van der Waals surface area contributed by atoms with Crippen LogP contribution in [0.5, 0.6) is 0 Å². The molecule has 1 unspecified atom stereocenters. The lowest BCUT2D eigenvalue weighted by Gasteiger charge is -2.29. The van der Waals surface area contributed by atoms with Gasteiger partial charge in [-0.3, -0.25) is 4.79 Å². The molecule has 1 aromatic heterocycles. The van der Waals surface area contributed by atoms with Crippen molar-refractivity contribution in [1.29, 1.82) is 0 Å². The maximum atomic E-state index is 12.4. The van der Waals surface area contributed by atoms with Gasteiger partial charge in [-0.1, -0.05) is 6.92 Å². The molecule has 0 radical (unpaired) electrons. The van der Waals surface area contributed by atoms with Crippen LogP contribution in [0.2, 0.25) is 0 Å². The minimum atomic E-state index is -0.555. The van der Waals surface area contributed by atoms with Gasteiger partial charge < -0.3 is 20.3 Å². The summed E-state index contributed by atoms with van der Waals surface area (Å²) in [4.78, 5) is 12.4. The molecule has 1 atom stereocenters. The van der Waals surface area contributed by atoms with E-state index in [9.17, 15) is 9.90 Å². The molecule has 1 saturated heterocycles. The third-order valence-corrected chi connectivity index (χ3v) is 4.26. The summed E-state index contributed by atoms with van der Waals surface area (Å²) in [6.45, 7) is 5.76. The topological polar surface area (TPSA) is 66.3 Å². The summed E-state index contributed by atoms with van der Waals surface area (Å²) in [5, 5.41) is 15.7. The lowest BCUT2D eigenvalue weighted by molar-refractivity contribution is 0.0834. The second-order valence-electron chi connectivity index (χ2n) is 5.81. The molecule has 0 aliphatic carbocycles. The standard InChI is InChI=1S/C15H25N3O2/c1-3-15(2,11-19)17-14(20)13-5-4-10-18(13)12-6-8-16-9-7-12/h4-5,10,12,16,19H,3,6-9,11H2,1-2H3,(H,17,20). The average molecular weight is 279 g/mol. The number of amides is 1. The Morgan fingerprint density at radius 3 is 2.85 bits per heavy atom. The van der Waals surface area contributed by atoms with E-state index in [1.165, 1.54) is 0 Å². The van der Waals surface area contributed by atoms with Crippen molar-refractivity contribution in [2.75, 3.05) is 19.7 Å². The molecule has 20 heavy (non-hydrogen) atoms. The highest BCUT2D eigenvalue weighted by molar-refractivity contribution is 5.93. The molecule has 5 nitrogen and oxygen atoms in total. The maximum absolute atomic E-state index is 12.4. The Labute approximate surface area is 120 Å². The van der Waals surface area contributed by atoms with Crippen molar-refractivity contribution < 1.29 is 9.90 Å². The third kappa shape index (κ3) is 3.22. The van der Waals surface area contributed by atoms with Crippen LogP contribution in [0.25, 0.3) is 0 Å². The monoisotopic (exact) mass is 279 g/mol. The number of hydrogen-bond acceptors (Lipinski definition) is 3. The van der Waals surface area contributed by atoms with Crippen LogP contribution in [-0.2, 0) is 0 Å². The predicted octanol–water partition coefficient (Wildman–Crippen LogP) is 1.30. The normalized spacial score (nSPS) is 19.6. The Bertz CT molecular complexity index is 446. The van der Waals surface area contributed by atoms with Crippen LogP contribution in [-0.4, -0.2) is 40.8 Å². The van der Waals surface area contributed by atoms with Crippen molar-refractivity contribution in [2.45, 2.75) is 44.7 Å². The molecule has 1 aromatic rings. The van der Waals surface area contributed by atoms with Gasteiger partial charge in [-0.05, 0) is 51.4 Å². The zero-order valence-electron chi connectivity index (χ0n) is 12.4. The summed E-state index contributed by atoms with van der Waals surface area (Å²) in [5.74, 6) is -0.105. The number of nitrogens with one attached hydrogen (secondary N) is 2. The number of piperidine rings is 1. The fourth-order valence-corrected chi connectivity index (χ4v) is 2.57. The molecule has 0 spiro atoms. The van der Waals surface area contributed by atoms with Crippen molar-refractivity contribution in [3.63, 3.8) is 0 Å². The smallest absolute Gasteiger partial charge is 0.268 e. The Balaban J connectivity index is 2.12. The van der Waals surface area contributed by atoms with Crippen LogP contribution in [0.15, 0.2) is 18.3 Å². The minimum absolute atomic E-state index is 0.0523. The average Bonchev–Trinajstić information content (AvgIpc) is 2.97. The molecule has 0 aromatic carbocycles. The summed E-state index contributed by atoms with van der Waals surface area (Å²) < 4.78 is 2.07. The SMILES string of the molecule is CCC(C)(CO)NC(=O)c1cccn1C1CCNCC1. The molecule has 1 fully saturated rings. The van der Waals surface area contributed by atoms with Gasteiger partial charge in [-0.15, -0.1) is 0 Å². The van der Waals surface area contributed by atoms with Crippen LogP contribution in [0.4, 0.5) is 0 Å². The number of carbonyl (C=O) groups is 1. The van der Waals surface area contributed by atoms with Gasteiger partial charge >= 0.3 is 0 Å². The van der Waals surface area contributed by atoms with E-state index in [0.29, 0.717) is 18.2 Å². The van der Waals surface area contributed by atoms with E-state index in [2.05, 4.69) is 15.2 Å². The van der Waals surface area contributed by atoms with Gasteiger partial charge in [0.1, 0.15) is 5.69 Å². The lowest BCUT2D eigenvalue weighted by atomic mass is 10.00. The summed E-state index contributed by atoms with van der Waals surface area (Å²) in [6.07, 6.45) is 4.76. The molecule has 2 rings (SSSR count). The third-order valence-electron chi connectivity index (χ3n) is 4.26. The predicted molar refractivity (Wildman–Crippen MR) is 78.8 cm³/mol. The van der Waals surface area contributed by atoms with Crippen molar-refractivity contribution in [1.82, 2.24) is 15.2 Å². The molecule has 1 amide bonds. The van der Waals surface area contributed by atoms with E-state index < -0.39 is 5.54 Å². The number of rotatable bonds is 5. The van der Waals surface area contributed by atoms with E-state index in [4.69, 9.17) is 0 Å². The van der Waals surface area contributed by atoms with Crippen molar-refractivity contribution in [3.8, 4) is 0 Å². The van der Waals surface area contributed by atoms with Crippen molar-refractivity contribution in [2.24, 2.45) is 0 Å². The van der Waals surface area contributed by atoms with Gasteiger partial charge in [0.15, 0.2) is 0 Å². The van der Waals surface area contributed by atoms with E-state index in [1.54, 1.807) is 0 Å². The molecule has 2 heterocycles. The van der Waals surface area contributed by atoms with E-state index in [1.807, 2.05) is 32.2 Å². The maximum Gasteiger partial charge on any atom is 0.268 e. The van der Waals surface area contributed by atoms with Gasteiger partial charge in [-0.2, -0.15) is 0 Å². The molecule has 112 valence electrons. The zero-order chi connectivity index (χ0) is 14.6. The Kier molecular flexibility index (Phi) is 4.83. The van der Waals surface area contributed by atoms with Crippen molar-refractivity contribution in [3.05, 3.63) is 24.0 Å². The summed E-state index contributed by atoms with van der Waals surface area (Å²) >= 11 is 0. The minimum Gasteiger partial charge on any atom is -0.394 e. The molecule has 1 aliphatic heterocycles. The number of carbonyl (C=O) groups excluding carboxylic acids is 1. The highest BCUT2D eigenvalue weighted by atomic mass is 16.3. The largest absolute Gasteiger partial charge is 0.394 e. The summed E-state index contributed by atoms with van der Waals surface area (Å²) in [7, 11) is 0. The molecule has 0 saturated carbocycles. The second-order valence-corrected chi connectivity index (χ2v) is 5.81. The molecule has 3 N–H and O–H groups in total. The Hall–Kier alpha value is -1.33. The van der Waals surface area contributed by atoms with E-state index in [-0.39, 0.29) is 12.5 Å². The van der Waals surface area contributed by atoms with Gasteiger partial charge in [0.2, 0.25) is 0 Å². The summed E-state index contributed by atoms with van der Waals surface area (Å²) in [5.41, 5.74) is 0.130. The summed E-state index contributed by atoms with van der Waals surface area (Å²) in [6, 6.07) is 4.15. The Morgan fingerprint density at radius 1 is 1.55 bits per heavy atom. The zero-order valence-corrected chi connectivity index (χ0v) is 12.4. The van der Waals surface area contributed by atoms with Crippen LogP contribution >= 0.6 is 0 Å². The van der Waals surface area contributed by atoms with Crippen LogP contribution in [0.3, 0.4) is 0 Å². The lowest BCUT2D eigenvalue weighted by Crippen LogP contribution is -2.49. The molecule has 1 aliphatic rings. The Morgan fingerprint density at radius 2 is 2.25 bits per heavy atom. The van der Waals surface area contributed by atoms with Gasteiger partial charge in [-0.25, -0.2) is 0 Å². The number of nitrogens with zero attached hydrogens (tertiary/aromatic N) is 1. The second kappa shape index (κ2) is 6.41. The van der Waals surface area contributed by atoms with E-state index in [0.717, 1.165) is 25.9 Å². The molecule has 5 heteroatoms. The molecular formula is C15H25N3O2. The highest BCUT2D eigenvalue weighted by Gasteiger charge is 2.26. The number of aliphatic hydroxyl groups is 1. The van der Waals surface area contributed by atoms with Gasteiger partial charge in [0, 0.05) is 12.2 Å². The first kappa shape index (κ1) is 15.1. The van der Waals surface area contributed by atoms with Crippen LogP contribution < -0.4 is 10.6 Å². The van der Waals surface area contributed by atoms with Crippen molar-refractivity contribution >= 4 is 5.91 Å². The highest BCUT2D eigenvalue weighted by Crippen LogP contribution is 2.21. The first-order valence-electron chi connectivity index (χ1n) is 7.40. The molecular weight excluding hydrogens is 254 g/mol.